The highest BCUT2D eigenvalue weighted by atomic mass is 19.1. The largest absolute Gasteiger partial charge is 0.334 e. The molecule has 1 spiro atoms. The number of piperidine rings is 1. The Morgan fingerprint density at radius 1 is 1.28 bits per heavy atom. The predicted molar refractivity (Wildman–Crippen MR) is 134 cm³/mol. The SMILES string of the molecule is CN(C(=O)CCN1CCCCC1)[C@@H](CC(C)(C)F)C(=O)N1C[C@]2(C[C@H]1C#N)C(=O)Nc1ccccc12. The van der Waals surface area contributed by atoms with Crippen molar-refractivity contribution in [1.82, 2.24) is 14.7 Å². The number of anilines is 1. The number of alkyl halides is 1. The van der Waals surface area contributed by atoms with Crippen LogP contribution in [0, 0.1) is 11.3 Å². The maximum Gasteiger partial charge on any atom is 0.246 e. The molecule has 2 fully saturated rings. The molecule has 0 unspecified atom stereocenters. The summed E-state index contributed by atoms with van der Waals surface area (Å²) < 4.78 is 14.9. The van der Waals surface area contributed by atoms with Crippen LogP contribution in [0.15, 0.2) is 24.3 Å². The molecule has 3 amide bonds. The summed E-state index contributed by atoms with van der Waals surface area (Å²) in [6.45, 7) is 5.31. The lowest BCUT2D eigenvalue weighted by Gasteiger charge is -2.35. The van der Waals surface area contributed by atoms with Gasteiger partial charge in [0, 0.05) is 45.1 Å². The summed E-state index contributed by atoms with van der Waals surface area (Å²) in [7, 11) is 1.54. The van der Waals surface area contributed by atoms with E-state index in [0.717, 1.165) is 31.5 Å². The standard InChI is InChI=1S/C27H36FN5O3/c1-26(2,28)16-22(31(3)23(34)11-14-32-12-7-4-8-13-32)24(35)33-18-27(15-19(33)17-29)20-9-5-6-10-21(20)30-25(27)36/h5-6,9-10,19,22H,4,7-8,11-16,18H2,1-3H3,(H,30,36)/t19-,22-,27-/m0/s1. The number of hydrogen-bond donors (Lipinski definition) is 1. The number of rotatable bonds is 7. The van der Waals surface area contributed by atoms with Gasteiger partial charge in [-0.2, -0.15) is 5.26 Å². The van der Waals surface area contributed by atoms with Gasteiger partial charge in [0.2, 0.25) is 17.7 Å². The third kappa shape index (κ3) is 5.10. The second-order valence-electron chi connectivity index (χ2n) is 11.0. The first-order valence-electron chi connectivity index (χ1n) is 12.8. The van der Waals surface area contributed by atoms with E-state index in [4.69, 9.17) is 0 Å². The number of para-hydroxylation sites is 1. The molecule has 9 heteroatoms. The maximum atomic E-state index is 14.9. The van der Waals surface area contributed by atoms with Crippen LogP contribution in [0.1, 0.15) is 57.9 Å². The Balaban J connectivity index is 1.55. The molecule has 2 saturated heterocycles. The van der Waals surface area contributed by atoms with E-state index in [2.05, 4.69) is 16.3 Å². The lowest BCUT2D eigenvalue weighted by Crippen LogP contribution is -2.53. The topological polar surface area (TPSA) is 96.8 Å². The molecule has 3 atom stereocenters. The monoisotopic (exact) mass is 497 g/mol. The van der Waals surface area contributed by atoms with Crippen molar-refractivity contribution in [3.63, 3.8) is 0 Å². The number of carbonyl (C=O) groups is 3. The summed E-state index contributed by atoms with van der Waals surface area (Å²) in [6, 6.07) is 7.55. The van der Waals surface area contributed by atoms with Gasteiger partial charge >= 0.3 is 0 Å². The molecule has 3 aliphatic rings. The number of carbonyl (C=O) groups excluding carboxylic acids is 3. The normalized spacial score (nSPS) is 24.8. The fourth-order valence-electron chi connectivity index (χ4n) is 5.81. The van der Waals surface area contributed by atoms with E-state index < -0.39 is 29.1 Å². The second kappa shape index (κ2) is 10.2. The van der Waals surface area contributed by atoms with Gasteiger partial charge in [0.1, 0.15) is 17.8 Å². The highest BCUT2D eigenvalue weighted by Gasteiger charge is 2.56. The van der Waals surface area contributed by atoms with Crippen LogP contribution in [0.5, 0.6) is 0 Å². The van der Waals surface area contributed by atoms with E-state index in [1.54, 1.807) is 6.07 Å². The molecule has 0 aromatic heterocycles. The number of halogens is 1. The molecule has 3 heterocycles. The number of benzene rings is 1. The van der Waals surface area contributed by atoms with E-state index in [1.807, 2.05) is 18.2 Å². The zero-order chi connectivity index (χ0) is 26.1. The van der Waals surface area contributed by atoms with Crippen molar-refractivity contribution < 1.29 is 18.8 Å². The quantitative estimate of drug-likeness (QED) is 0.625. The van der Waals surface area contributed by atoms with Crippen molar-refractivity contribution in [2.24, 2.45) is 0 Å². The smallest absolute Gasteiger partial charge is 0.246 e. The van der Waals surface area contributed by atoms with Crippen LogP contribution in [-0.4, -0.2) is 83.4 Å². The lowest BCUT2D eigenvalue weighted by molar-refractivity contribution is -0.146. The Morgan fingerprint density at radius 2 is 1.97 bits per heavy atom. The molecule has 0 aliphatic carbocycles. The number of likely N-dealkylation sites (N-methyl/N-ethyl adjacent to an activating group) is 1. The summed E-state index contributed by atoms with van der Waals surface area (Å²) in [5, 5.41) is 12.8. The summed E-state index contributed by atoms with van der Waals surface area (Å²) in [4.78, 5) is 45.0. The Kier molecular flexibility index (Phi) is 7.37. The Bertz CT molecular complexity index is 1060. The van der Waals surface area contributed by atoms with E-state index in [1.165, 1.54) is 37.1 Å². The molecule has 3 aliphatic heterocycles. The molecule has 4 rings (SSSR count). The Hall–Kier alpha value is -2.99. The first kappa shape index (κ1) is 26.1. The number of amides is 3. The lowest BCUT2D eigenvalue weighted by atomic mass is 9.80. The predicted octanol–water partition coefficient (Wildman–Crippen LogP) is 2.84. The van der Waals surface area contributed by atoms with Crippen molar-refractivity contribution in [3.8, 4) is 6.07 Å². The molecule has 0 radical (unpaired) electrons. The molecule has 0 bridgehead atoms. The van der Waals surface area contributed by atoms with E-state index in [-0.39, 0.29) is 37.6 Å². The third-order valence-corrected chi connectivity index (χ3v) is 7.83. The van der Waals surface area contributed by atoms with Gasteiger partial charge in [-0.25, -0.2) is 4.39 Å². The summed E-state index contributed by atoms with van der Waals surface area (Å²) in [5.74, 6) is -0.961. The van der Waals surface area contributed by atoms with Crippen molar-refractivity contribution in [2.45, 2.75) is 75.5 Å². The highest BCUT2D eigenvalue weighted by Crippen LogP contribution is 2.46. The first-order chi connectivity index (χ1) is 17.1. The summed E-state index contributed by atoms with van der Waals surface area (Å²) >= 11 is 0. The minimum atomic E-state index is -1.71. The Labute approximate surface area is 212 Å². The molecule has 36 heavy (non-hydrogen) atoms. The van der Waals surface area contributed by atoms with Gasteiger partial charge in [0.15, 0.2) is 0 Å². The molecule has 1 N–H and O–H groups in total. The number of nitriles is 1. The molecular weight excluding hydrogens is 461 g/mol. The van der Waals surface area contributed by atoms with Crippen LogP contribution in [0.3, 0.4) is 0 Å². The number of fused-ring (bicyclic) bond motifs is 2. The fraction of sp³-hybridized carbons (Fsp3) is 0.630. The molecule has 1 aromatic rings. The Morgan fingerprint density at radius 3 is 2.64 bits per heavy atom. The fourth-order valence-corrected chi connectivity index (χ4v) is 5.81. The van der Waals surface area contributed by atoms with Crippen molar-refractivity contribution >= 4 is 23.4 Å². The van der Waals surface area contributed by atoms with Crippen molar-refractivity contribution in [1.29, 1.82) is 5.26 Å². The molecule has 0 saturated carbocycles. The van der Waals surface area contributed by atoms with Gasteiger partial charge < -0.3 is 20.0 Å². The third-order valence-electron chi connectivity index (χ3n) is 7.83. The minimum absolute atomic E-state index is 0.0198. The van der Waals surface area contributed by atoms with Gasteiger partial charge in [-0.05, 0) is 51.4 Å². The summed E-state index contributed by atoms with van der Waals surface area (Å²) in [6.07, 6.45) is 3.65. The van der Waals surface area contributed by atoms with Crippen LogP contribution >= 0.6 is 0 Å². The molecule has 8 nitrogen and oxygen atoms in total. The highest BCUT2D eigenvalue weighted by molar-refractivity contribution is 6.07. The molecular formula is C27H36FN5O3. The van der Waals surface area contributed by atoms with E-state index in [9.17, 15) is 24.0 Å². The van der Waals surface area contributed by atoms with Crippen molar-refractivity contribution in [2.75, 3.05) is 38.5 Å². The van der Waals surface area contributed by atoms with Gasteiger partial charge in [-0.1, -0.05) is 24.6 Å². The van der Waals surface area contributed by atoms with Crippen LogP contribution in [-0.2, 0) is 19.8 Å². The van der Waals surface area contributed by atoms with E-state index in [0.29, 0.717) is 12.2 Å². The summed E-state index contributed by atoms with van der Waals surface area (Å²) in [5.41, 5.74) is -1.29. The minimum Gasteiger partial charge on any atom is -0.334 e. The first-order valence-corrected chi connectivity index (χ1v) is 12.8. The zero-order valence-corrected chi connectivity index (χ0v) is 21.4. The molecule has 194 valence electrons. The number of hydrogen-bond acceptors (Lipinski definition) is 5. The van der Waals surface area contributed by atoms with Crippen molar-refractivity contribution in [3.05, 3.63) is 29.8 Å². The zero-order valence-electron chi connectivity index (χ0n) is 21.4. The van der Waals surface area contributed by atoms with Crippen LogP contribution in [0.25, 0.3) is 0 Å². The van der Waals surface area contributed by atoms with Crippen LogP contribution < -0.4 is 5.32 Å². The van der Waals surface area contributed by atoms with E-state index >= 15 is 0 Å². The van der Waals surface area contributed by atoms with Gasteiger partial charge in [0.05, 0.1) is 11.5 Å². The number of nitrogens with one attached hydrogen (secondary N) is 1. The average molecular weight is 498 g/mol. The van der Waals surface area contributed by atoms with Gasteiger partial charge in [-0.15, -0.1) is 0 Å². The second-order valence-corrected chi connectivity index (χ2v) is 11.0. The molecule has 1 aromatic carbocycles. The maximum absolute atomic E-state index is 14.9. The van der Waals surface area contributed by atoms with Crippen LogP contribution in [0.4, 0.5) is 10.1 Å². The average Bonchev–Trinajstić information content (AvgIpc) is 3.38. The van der Waals surface area contributed by atoms with Gasteiger partial charge in [0.25, 0.3) is 0 Å². The van der Waals surface area contributed by atoms with Gasteiger partial charge in [-0.3, -0.25) is 14.4 Å². The number of nitrogens with zero attached hydrogens (tertiary/aromatic N) is 4. The number of likely N-dealkylation sites (tertiary alicyclic amines) is 2. The van der Waals surface area contributed by atoms with Crippen LogP contribution in [0.2, 0.25) is 0 Å².